The second kappa shape index (κ2) is 11.8. The Hall–Kier alpha value is -1.89. The molecule has 0 saturated heterocycles. The standard InChI is InChI=1S/C25H37NO5S/c1-16(2)19(13-23(29)31-15-25(3,4)5)21(28)12-17-10-11-22-26-18(14-32-22)8-6-7-9-20(27)24(17)30/h14,16-17,19H,6-13,15H2,1-5H3. The van der Waals surface area contributed by atoms with Crippen molar-refractivity contribution in [3.8, 4) is 0 Å². The maximum absolute atomic E-state index is 13.2. The lowest BCUT2D eigenvalue weighted by Crippen LogP contribution is -2.31. The second-order valence-electron chi connectivity index (χ2n) is 10.4. The summed E-state index contributed by atoms with van der Waals surface area (Å²) in [5, 5.41) is 2.97. The van der Waals surface area contributed by atoms with Crippen LogP contribution in [0, 0.1) is 23.2 Å². The average molecular weight is 464 g/mol. The lowest BCUT2D eigenvalue weighted by molar-refractivity contribution is -0.150. The van der Waals surface area contributed by atoms with Gasteiger partial charge in [-0.15, -0.1) is 11.3 Å². The SMILES string of the molecule is CC(C)C(CC(=O)OCC(C)(C)C)C(=O)CC1CCc2nc(cs2)CCCCC(=O)C1=O. The van der Waals surface area contributed by atoms with Crippen molar-refractivity contribution in [3.05, 3.63) is 16.1 Å². The number of esters is 1. The molecule has 0 aliphatic carbocycles. The summed E-state index contributed by atoms with van der Waals surface area (Å²) in [5.41, 5.74) is 0.883. The van der Waals surface area contributed by atoms with Gasteiger partial charge in [-0.25, -0.2) is 4.98 Å². The molecule has 0 spiro atoms. The molecule has 0 aromatic carbocycles. The van der Waals surface area contributed by atoms with Gasteiger partial charge in [-0.1, -0.05) is 34.6 Å². The summed E-state index contributed by atoms with van der Waals surface area (Å²) in [5.74, 6) is -2.64. The zero-order valence-corrected chi connectivity index (χ0v) is 20.9. The Morgan fingerprint density at radius 1 is 1.16 bits per heavy atom. The molecule has 1 aliphatic rings. The third kappa shape index (κ3) is 8.57. The quantitative estimate of drug-likeness (QED) is 0.427. The molecule has 0 fully saturated rings. The van der Waals surface area contributed by atoms with E-state index in [9.17, 15) is 19.2 Å². The van der Waals surface area contributed by atoms with Gasteiger partial charge in [0.05, 0.1) is 23.7 Å². The van der Waals surface area contributed by atoms with Crippen molar-refractivity contribution in [2.45, 2.75) is 86.0 Å². The first-order valence-electron chi connectivity index (χ1n) is 11.6. The van der Waals surface area contributed by atoms with Crippen molar-refractivity contribution in [2.24, 2.45) is 23.2 Å². The number of aryl methyl sites for hydroxylation is 2. The number of carbonyl (C=O) groups is 4. The van der Waals surface area contributed by atoms with Gasteiger partial charge in [-0.2, -0.15) is 0 Å². The summed E-state index contributed by atoms with van der Waals surface area (Å²) < 4.78 is 5.35. The molecule has 2 bridgehead atoms. The number of rotatable bonds is 7. The van der Waals surface area contributed by atoms with Crippen LogP contribution in [0.1, 0.15) is 83.8 Å². The van der Waals surface area contributed by atoms with Crippen LogP contribution in [0.5, 0.6) is 0 Å². The molecule has 1 aliphatic heterocycles. The van der Waals surface area contributed by atoms with Gasteiger partial charge in [0.25, 0.3) is 0 Å². The van der Waals surface area contributed by atoms with Crippen LogP contribution in [-0.4, -0.2) is 34.9 Å². The fourth-order valence-corrected chi connectivity index (χ4v) is 4.64. The van der Waals surface area contributed by atoms with E-state index in [2.05, 4.69) is 4.98 Å². The van der Waals surface area contributed by atoms with Crippen LogP contribution < -0.4 is 0 Å². The fourth-order valence-electron chi connectivity index (χ4n) is 3.80. The molecule has 0 saturated carbocycles. The summed E-state index contributed by atoms with van der Waals surface area (Å²) in [7, 11) is 0. The number of nitrogens with zero attached hydrogens (tertiary/aromatic N) is 1. The van der Waals surface area contributed by atoms with Crippen molar-refractivity contribution in [1.29, 1.82) is 0 Å². The van der Waals surface area contributed by atoms with E-state index >= 15 is 0 Å². The first-order chi connectivity index (χ1) is 15.0. The molecule has 178 valence electrons. The summed E-state index contributed by atoms with van der Waals surface area (Å²) in [6.45, 7) is 10.0. The Morgan fingerprint density at radius 3 is 2.50 bits per heavy atom. The number of Topliss-reactive ketones (excluding diaryl/α,β-unsaturated/α-hetero) is 3. The lowest BCUT2D eigenvalue weighted by atomic mass is 9.81. The minimum absolute atomic E-state index is 0.00270. The monoisotopic (exact) mass is 463 g/mol. The second-order valence-corrected chi connectivity index (χ2v) is 11.4. The van der Waals surface area contributed by atoms with Gasteiger partial charge in [0, 0.05) is 36.5 Å². The summed E-state index contributed by atoms with van der Waals surface area (Å²) in [4.78, 5) is 55.5. The van der Waals surface area contributed by atoms with E-state index in [1.54, 1.807) is 11.3 Å². The molecule has 2 atom stereocenters. The zero-order chi connectivity index (χ0) is 23.9. The molecule has 0 radical (unpaired) electrons. The number of aromatic nitrogens is 1. The van der Waals surface area contributed by atoms with Crippen LogP contribution in [0.4, 0.5) is 0 Å². The van der Waals surface area contributed by atoms with Gasteiger partial charge in [-0.3, -0.25) is 19.2 Å². The largest absolute Gasteiger partial charge is 0.465 e. The normalized spacial score (nSPS) is 19.2. The van der Waals surface area contributed by atoms with Gasteiger partial charge < -0.3 is 4.74 Å². The van der Waals surface area contributed by atoms with Gasteiger partial charge in [-0.05, 0) is 37.0 Å². The highest BCUT2D eigenvalue weighted by atomic mass is 32.1. The van der Waals surface area contributed by atoms with Gasteiger partial charge in [0.2, 0.25) is 5.78 Å². The fraction of sp³-hybridized carbons (Fsp3) is 0.720. The number of hydrogen-bond acceptors (Lipinski definition) is 7. The summed E-state index contributed by atoms with van der Waals surface area (Å²) >= 11 is 1.57. The van der Waals surface area contributed by atoms with Crippen LogP contribution in [0.25, 0.3) is 0 Å². The molecule has 2 unspecified atom stereocenters. The molecule has 2 rings (SSSR count). The van der Waals surface area contributed by atoms with Crippen molar-refractivity contribution < 1.29 is 23.9 Å². The van der Waals surface area contributed by atoms with E-state index in [1.807, 2.05) is 40.0 Å². The topological polar surface area (TPSA) is 90.4 Å². The Balaban J connectivity index is 2.09. The first-order valence-corrected chi connectivity index (χ1v) is 12.5. The maximum Gasteiger partial charge on any atom is 0.306 e. The van der Waals surface area contributed by atoms with E-state index in [-0.39, 0.29) is 48.8 Å². The smallest absolute Gasteiger partial charge is 0.306 e. The third-order valence-electron chi connectivity index (χ3n) is 5.76. The molecular weight excluding hydrogens is 426 g/mol. The highest BCUT2D eigenvalue weighted by Crippen LogP contribution is 2.26. The van der Waals surface area contributed by atoms with Crippen LogP contribution in [-0.2, 0) is 36.8 Å². The van der Waals surface area contributed by atoms with Crippen LogP contribution >= 0.6 is 11.3 Å². The highest BCUT2D eigenvalue weighted by Gasteiger charge is 2.32. The van der Waals surface area contributed by atoms with E-state index in [4.69, 9.17) is 4.74 Å². The number of hydrogen-bond donors (Lipinski definition) is 0. The Kier molecular flexibility index (Phi) is 9.74. The summed E-state index contributed by atoms with van der Waals surface area (Å²) in [6, 6.07) is 0. The summed E-state index contributed by atoms with van der Waals surface area (Å²) in [6.07, 6.45) is 3.47. The van der Waals surface area contributed by atoms with E-state index in [0.29, 0.717) is 19.3 Å². The van der Waals surface area contributed by atoms with Crippen LogP contribution in [0.2, 0.25) is 0 Å². The molecule has 32 heavy (non-hydrogen) atoms. The highest BCUT2D eigenvalue weighted by molar-refractivity contribution is 7.09. The van der Waals surface area contributed by atoms with E-state index < -0.39 is 23.6 Å². The third-order valence-corrected chi connectivity index (χ3v) is 6.71. The Morgan fingerprint density at radius 2 is 1.84 bits per heavy atom. The van der Waals surface area contributed by atoms with Crippen molar-refractivity contribution in [3.63, 3.8) is 0 Å². The van der Waals surface area contributed by atoms with Gasteiger partial charge in [0.15, 0.2) is 5.78 Å². The van der Waals surface area contributed by atoms with Gasteiger partial charge in [0.1, 0.15) is 5.78 Å². The molecule has 2 heterocycles. The first kappa shape index (κ1) is 26.4. The Bertz CT molecular complexity index is 821. The van der Waals surface area contributed by atoms with Crippen molar-refractivity contribution in [2.75, 3.05) is 6.61 Å². The lowest BCUT2D eigenvalue weighted by Gasteiger charge is -2.23. The zero-order valence-electron chi connectivity index (χ0n) is 20.1. The van der Waals surface area contributed by atoms with Crippen molar-refractivity contribution >= 4 is 34.7 Å². The van der Waals surface area contributed by atoms with Crippen LogP contribution in [0.3, 0.4) is 0 Å². The predicted molar refractivity (Wildman–Crippen MR) is 124 cm³/mol. The maximum atomic E-state index is 13.2. The average Bonchev–Trinajstić information content (AvgIpc) is 3.16. The number of fused-ring (bicyclic) bond motifs is 2. The van der Waals surface area contributed by atoms with Gasteiger partial charge >= 0.3 is 5.97 Å². The molecule has 6 nitrogen and oxygen atoms in total. The van der Waals surface area contributed by atoms with E-state index in [1.165, 1.54) is 0 Å². The van der Waals surface area contributed by atoms with Crippen molar-refractivity contribution in [1.82, 2.24) is 4.98 Å². The Labute approximate surface area is 195 Å². The molecule has 1 aromatic rings. The minimum Gasteiger partial charge on any atom is -0.465 e. The number of ether oxygens (including phenoxy) is 1. The predicted octanol–water partition coefficient (Wildman–Crippen LogP) is 4.77. The molecule has 0 N–H and O–H groups in total. The minimum atomic E-state index is -0.659. The molecule has 0 amide bonds. The molecule has 1 aromatic heterocycles. The number of ketones is 3. The molecular formula is C25H37NO5S. The number of carbonyl (C=O) groups excluding carboxylic acids is 4. The van der Waals surface area contributed by atoms with E-state index in [0.717, 1.165) is 23.5 Å². The molecule has 7 heteroatoms. The number of thiazole rings is 1. The van der Waals surface area contributed by atoms with Crippen LogP contribution in [0.15, 0.2) is 5.38 Å².